The van der Waals surface area contributed by atoms with Crippen LogP contribution in [0.25, 0.3) is 0 Å². The fraction of sp³-hybridized carbons (Fsp3) is 0.889. The van der Waals surface area contributed by atoms with Gasteiger partial charge in [-0.3, -0.25) is 0 Å². The van der Waals surface area contributed by atoms with Crippen LogP contribution in [0.3, 0.4) is 0 Å². The zero-order valence-corrected chi connectivity index (χ0v) is 15.0. The molecule has 0 saturated carbocycles. The second kappa shape index (κ2) is 8.33. The highest BCUT2D eigenvalue weighted by atomic mass is 32.2. The van der Waals surface area contributed by atoms with Crippen molar-refractivity contribution in [2.24, 2.45) is 10.9 Å². The van der Waals surface area contributed by atoms with E-state index in [-0.39, 0.29) is 0 Å². The lowest BCUT2D eigenvalue weighted by molar-refractivity contribution is -0.458. The first kappa shape index (κ1) is 33.2. The van der Waals surface area contributed by atoms with E-state index in [1.54, 1.807) is 0 Å². The number of amides is 1. The molecule has 0 aromatic rings. The minimum Gasteiger partial charge on any atom is -0.465 e. The van der Waals surface area contributed by atoms with E-state index in [1.165, 1.54) is 0 Å². The van der Waals surface area contributed by atoms with Crippen molar-refractivity contribution in [3.05, 3.63) is 0 Å². The fourth-order valence-electron chi connectivity index (χ4n) is 1.33. The molecule has 0 aromatic carbocycles. The number of carbonyl (C=O) groups is 1. The maximum Gasteiger partial charge on any atom is 0.460 e. The van der Waals surface area contributed by atoms with Crippen LogP contribution >= 0.6 is 0 Å². The molecule has 0 atom stereocenters. The summed E-state index contributed by atoms with van der Waals surface area (Å²) in [6.07, 6.45) is -9.20. The Morgan fingerprint density at radius 3 is 0.909 bits per heavy atom. The van der Waals surface area contributed by atoms with Crippen molar-refractivity contribution in [3.8, 4) is 0 Å². The molecule has 0 aromatic heterocycles. The molecule has 0 heterocycles. The number of primary sulfonamides is 1. The molecule has 0 aliphatic heterocycles. The van der Waals surface area contributed by atoms with Crippen molar-refractivity contribution >= 4 is 16.1 Å². The molecule has 6 nitrogen and oxygen atoms in total. The quantitative estimate of drug-likeness (QED) is 0.410. The lowest BCUT2D eigenvalue weighted by Gasteiger charge is -2.42. The van der Waals surface area contributed by atoms with E-state index < -0.39 is 63.1 Å². The highest BCUT2D eigenvalue weighted by Crippen LogP contribution is 2.64. The average Bonchev–Trinajstić information content (AvgIpc) is 2.50. The minimum absolute atomic E-state index is 1.33. The number of hydrogen-bond acceptors (Lipinski definition) is 3. The fourth-order valence-corrected chi connectivity index (χ4v) is 1.81. The zero-order chi connectivity index (χ0) is 28.1. The number of carboxylic acid groups (broad SMARTS) is 1. The highest BCUT2D eigenvalue weighted by molar-refractivity contribution is 7.90. The molecule has 0 spiro atoms. The molecule has 0 saturated heterocycles. The Hall–Kier alpha value is -2.01. The van der Waals surface area contributed by atoms with Crippen LogP contribution in [0.2, 0.25) is 0 Å². The van der Waals surface area contributed by atoms with Gasteiger partial charge >= 0.3 is 53.1 Å². The van der Waals surface area contributed by atoms with Crippen LogP contribution in [0.5, 0.6) is 0 Å². The van der Waals surface area contributed by atoms with E-state index in [4.69, 9.17) is 9.90 Å². The van der Waals surface area contributed by atoms with Gasteiger partial charge in [0.2, 0.25) is 0 Å². The number of sulfonamides is 1. The number of alkyl halides is 17. The summed E-state index contributed by atoms with van der Waals surface area (Å²) in [5, 5.41) is 2.89. The standard InChI is InChI=1S/C8H2F17NO2S.CH3NO2/c9-1(10,3(13,14)5(17,18)7(21,22)23)2(11,12)4(15,16)6(19,20)8(24,25)29(26,27)28;2-1(3)4/h(H2,26,27,28);2H2,(H,3,4). The van der Waals surface area contributed by atoms with E-state index in [9.17, 15) is 83.1 Å². The topological polar surface area (TPSA) is 123 Å². The van der Waals surface area contributed by atoms with Gasteiger partial charge < -0.3 is 10.8 Å². The van der Waals surface area contributed by atoms with E-state index in [0.29, 0.717) is 0 Å². The van der Waals surface area contributed by atoms with Crippen LogP contribution in [-0.2, 0) is 10.0 Å². The number of hydrogen-bond donors (Lipinski definition) is 3. The van der Waals surface area contributed by atoms with Gasteiger partial charge in [-0.1, -0.05) is 0 Å². The summed E-state index contributed by atoms with van der Waals surface area (Å²) >= 11 is 0. The molecule has 5 N–H and O–H groups in total. The summed E-state index contributed by atoms with van der Waals surface area (Å²) in [7, 11) is -7.39. The number of primary amides is 1. The van der Waals surface area contributed by atoms with Gasteiger partial charge in [0.25, 0.3) is 10.0 Å². The Kier molecular flexibility index (Phi) is 8.38. The lowest BCUT2D eigenvalue weighted by atomic mass is 9.91. The Balaban J connectivity index is 0. The molecule has 0 bridgehead atoms. The molecular formula is C9H5F17N2O4S. The van der Waals surface area contributed by atoms with Crippen molar-refractivity contribution in [1.82, 2.24) is 0 Å². The predicted octanol–water partition coefficient (Wildman–Crippen LogP) is 3.86. The third kappa shape index (κ3) is 4.80. The minimum atomic E-state index is -8.84. The largest absolute Gasteiger partial charge is 0.465 e. The third-order valence-electron chi connectivity index (χ3n) is 3.05. The van der Waals surface area contributed by atoms with Crippen LogP contribution in [0.15, 0.2) is 0 Å². The monoisotopic (exact) mass is 560 g/mol. The summed E-state index contributed by atoms with van der Waals surface area (Å²) in [4.78, 5) is 8.78. The van der Waals surface area contributed by atoms with Gasteiger partial charge in [0, 0.05) is 0 Å². The smallest absolute Gasteiger partial charge is 0.460 e. The van der Waals surface area contributed by atoms with Crippen molar-refractivity contribution in [2.45, 2.75) is 47.0 Å². The van der Waals surface area contributed by atoms with Gasteiger partial charge in [0.05, 0.1) is 0 Å². The number of rotatable bonds is 7. The first-order valence-corrected chi connectivity index (χ1v) is 8.00. The maximum absolute atomic E-state index is 13.1. The maximum atomic E-state index is 13.1. The van der Waals surface area contributed by atoms with Crippen molar-refractivity contribution < 1.29 is 93.0 Å². The Morgan fingerprint density at radius 1 is 0.545 bits per heavy atom. The SMILES string of the molecule is NC(=O)O.NS(=O)(=O)C(F)(F)C(F)(F)C(F)(F)C(F)(F)C(F)(F)C(F)(F)C(F)(F)C(F)(F)F. The Bertz CT molecular complexity index is 830. The Labute approximate surface area is 168 Å². The molecule has 0 rings (SSSR count). The lowest BCUT2D eigenvalue weighted by Crippen LogP contribution is -2.75. The van der Waals surface area contributed by atoms with E-state index in [0.717, 1.165) is 0 Å². The van der Waals surface area contributed by atoms with Crippen molar-refractivity contribution in [3.63, 3.8) is 0 Å². The van der Waals surface area contributed by atoms with Gasteiger partial charge in [-0.15, -0.1) is 0 Å². The van der Waals surface area contributed by atoms with Gasteiger partial charge in [0.1, 0.15) is 0 Å². The summed E-state index contributed by atoms with van der Waals surface area (Å²) in [5.74, 6) is -51.6. The van der Waals surface area contributed by atoms with Gasteiger partial charge in [-0.05, 0) is 0 Å². The van der Waals surface area contributed by atoms with Gasteiger partial charge in [0.15, 0.2) is 0 Å². The molecule has 200 valence electrons. The summed E-state index contributed by atoms with van der Waals surface area (Å²) < 4.78 is 236. The van der Waals surface area contributed by atoms with Gasteiger partial charge in [-0.25, -0.2) is 18.4 Å². The first-order valence-electron chi connectivity index (χ1n) is 6.45. The molecule has 1 amide bonds. The third-order valence-corrected chi connectivity index (χ3v) is 4.02. The molecule has 0 aliphatic carbocycles. The molecule has 0 fully saturated rings. The molecular weight excluding hydrogens is 555 g/mol. The second-order valence-electron chi connectivity index (χ2n) is 5.34. The zero-order valence-electron chi connectivity index (χ0n) is 14.2. The molecule has 24 heteroatoms. The van der Waals surface area contributed by atoms with Gasteiger partial charge in [-0.2, -0.15) is 74.6 Å². The van der Waals surface area contributed by atoms with Crippen molar-refractivity contribution in [1.29, 1.82) is 0 Å². The first-order chi connectivity index (χ1) is 13.7. The van der Waals surface area contributed by atoms with Crippen LogP contribution < -0.4 is 10.9 Å². The van der Waals surface area contributed by atoms with E-state index >= 15 is 0 Å². The van der Waals surface area contributed by atoms with Crippen LogP contribution in [0.4, 0.5) is 79.4 Å². The van der Waals surface area contributed by atoms with Crippen LogP contribution in [0, 0.1) is 0 Å². The van der Waals surface area contributed by atoms with E-state index in [2.05, 4.69) is 10.9 Å². The highest BCUT2D eigenvalue weighted by Gasteiger charge is 2.96. The molecule has 33 heavy (non-hydrogen) atoms. The van der Waals surface area contributed by atoms with E-state index in [1.807, 2.05) is 0 Å². The average molecular weight is 560 g/mol. The normalized spacial score (nSPS) is 15.6. The summed E-state index contributed by atoms with van der Waals surface area (Å²) in [6, 6.07) is 0. The van der Waals surface area contributed by atoms with Crippen molar-refractivity contribution in [2.75, 3.05) is 0 Å². The Morgan fingerprint density at radius 2 is 0.727 bits per heavy atom. The summed E-state index contributed by atoms with van der Waals surface area (Å²) in [5.41, 5.74) is 4.03. The molecule has 0 radical (unpaired) electrons. The summed E-state index contributed by atoms with van der Waals surface area (Å²) in [6.45, 7) is 0. The molecule has 0 aliphatic rings. The molecule has 0 unspecified atom stereocenters. The number of halogens is 17. The van der Waals surface area contributed by atoms with Crippen LogP contribution in [-0.4, -0.2) is 66.6 Å². The van der Waals surface area contributed by atoms with Crippen LogP contribution in [0.1, 0.15) is 0 Å². The second-order valence-corrected chi connectivity index (χ2v) is 6.95. The number of nitrogens with two attached hydrogens (primary N) is 2. The predicted molar refractivity (Wildman–Crippen MR) is 66.0 cm³/mol.